The number of rotatable bonds is 11. The van der Waals surface area contributed by atoms with Crippen molar-refractivity contribution >= 4 is 7.60 Å². The summed E-state index contributed by atoms with van der Waals surface area (Å²) in [6.45, 7) is 3.50. The molecule has 0 saturated heterocycles. The van der Waals surface area contributed by atoms with Gasteiger partial charge >= 0.3 is 7.60 Å². The molecule has 9 heteroatoms. The van der Waals surface area contributed by atoms with E-state index in [4.69, 9.17) is 19.3 Å². The smallest absolute Gasteiger partial charge is 0.361 e. The number of nitrogens with zero attached hydrogens (tertiary/aromatic N) is 3. The molecule has 0 radical (unpaired) electrons. The van der Waals surface area contributed by atoms with Crippen LogP contribution in [0.4, 0.5) is 0 Å². The lowest BCUT2D eigenvalue weighted by atomic mass is 10.2. The molecule has 1 rings (SSSR count). The van der Waals surface area contributed by atoms with Gasteiger partial charge in [0.25, 0.3) is 0 Å². The highest BCUT2D eigenvalue weighted by molar-refractivity contribution is 7.54. The lowest BCUT2D eigenvalue weighted by molar-refractivity contribution is -0.0212. The summed E-state index contributed by atoms with van der Waals surface area (Å²) in [5.74, 6) is -1.54. The highest BCUT2D eigenvalue weighted by Crippen LogP contribution is 2.53. The summed E-state index contributed by atoms with van der Waals surface area (Å²) in [5, 5.41) is 13.8. The van der Waals surface area contributed by atoms with Gasteiger partial charge in [0.05, 0.1) is 26.4 Å². The Bertz CT molecular complexity index is 541. The predicted molar refractivity (Wildman–Crippen MR) is 85.9 cm³/mol. The minimum Gasteiger partial charge on any atom is -0.378 e. The lowest BCUT2D eigenvalue weighted by Crippen LogP contribution is -2.33. The molecule has 0 aliphatic carbocycles. The van der Waals surface area contributed by atoms with Crippen LogP contribution in [0.1, 0.15) is 19.4 Å². The first-order chi connectivity index (χ1) is 11.1. The molecule has 0 aliphatic rings. The van der Waals surface area contributed by atoms with E-state index in [0.29, 0.717) is 0 Å². The average molecular weight is 343 g/mol. The van der Waals surface area contributed by atoms with E-state index in [9.17, 15) is 9.67 Å². The Balaban J connectivity index is 2.85. The molecule has 0 saturated carbocycles. The van der Waals surface area contributed by atoms with Crippen molar-refractivity contribution in [2.75, 3.05) is 19.8 Å². The molecular weight excluding hydrogens is 321 g/mol. The summed E-state index contributed by atoms with van der Waals surface area (Å²) in [4.78, 5) is 2.65. The van der Waals surface area contributed by atoms with Crippen molar-refractivity contribution < 1.29 is 23.5 Å². The van der Waals surface area contributed by atoms with Crippen molar-refractivity contribution in [1.29, 1.82) is 0 Å². The first-order valence-corrected chi connectivity index (χ1v) is 8.91. The van der Waals surface area contributed by atoms with Crippen molar-refractivity contribution in [3.8, 4) is 0 Å². The predicted octanol–water partition coefficient (Wildman–Crippen LogP) is 3.47. The Kier molecular flexibility index (Phi) is 8.87. The van der Waals surface area contributed by atoms with Crippen LogP contribution < -0.4 is 0 Å². The Hall–Kier alpha value is -1.40. The van der Waals surface area contributed by atoms with E-state index in [0.717, 1.165) is 5.56 Å². The Morgan fingerprint density at radius 2 is 1.87 bits per heavy atom. The molecule has 0 unspecified atom stereocenters. The van der Waals surface area contributed by atoms with Crippen LogP contribution in [-0.4, -0.2) is 36.8 Å². The summed E-state index contributed by atoms with van der Waals surface area (Å²) in [6, 6.07) is 9.27. The minimum absolute atomic E-state index is 0.112. The fourth-order valence-corrected chi connectivity index (χ4v) is 3.57. The van der Waals surface area contributed by atoms with Gasteiger partial charge in [0.15, 0.2) is 5.85 Å². The van der Waals surface area contributed by atoms with Crippen LogP contribution >= 0.6 is 7.60 Å². The molecule has 0 spiro atoms. The largest absolute Gasteiger partial charge is 0.378 e. The number of aliphatic hydroxyl groups excluding tert-OH is 1. The molecule has 1 aromatic carbocycles. The molecule has 0 fully saturated rings. The second-order valence-corrected chi connectivity index (χ2v) is 6.66. The number of benzene rings is 1. The van der Waals surface area contributed by atoms with Crippen LogP contribution in [0.15, 0.2) is 35.4 Å². The number of ether oxygens (including phenoxy) is 1. The van der Waals surface area contributed by atoms with E-state index in [1.807, 2.05) is 30.3 Å². The minimum atomic E-state index is -3.78. The highest BCUT2D eigenvalue weighted by Gasteiger charge is 2.40. The van der Waals surface area contributed by atoms with Gasteiger partial charge in [-0.15, -0.1) is 0 Å². The number of azide groups is 1. The second kappa shape index (κ2) is 10.4. The summed E-state index contributed by atoms with van der Waals surface area (Å²) in [6.07, 6.45) is -1.00. The van der Waals surface area contributed by atoms with Gasteiger partial charge in [-0.3, -0.25) is 4.57 Å². The van der Waals surface area contributed by atoms with Gasteiger partial charge in [-0.05, 0) is 24.9 Å². The molecule has 0 aliphatic heterocycles. The zero-order valence-corrected chi connectivity index (χ0v) is 14.1. The zero-order valence-electron chi connectivity index (χ0n) is 13.2. The topological polar surface area (TPSA) is 114 Å². The summed E-state index contributed by atoms with van der Waals surface area (Å²) in [7, 11) is -3.78. The van der Waals surface area contributed by atoms with Crippen molar-refractivity contribution in [3.63, 3.8) is 0 Å². The summed E-state index contributed by atoms with van der Waals surface area (Å²) in [5.41, 5.74) is 9.35. The molecule has 2 atom stereocenters. The van der Waals surface area contributed by atoms with E-state index in [-0.39, 0.29) is 26.4 Å². The van der Waals surface area contributed by atoms with E-state index in [2.05, 4.69) is 10.0 Å². The van der Waals surface area contributed by atoms with Crippen LogP contribution in [0.5, 0.6) is 0 Å². The molecule has 23 heavy (non-hydrogen) atoms. The van der Waals surface area contributed by atoms with Crippen molar-refractivity contribution in [1.82, 2.24) is 0 Å². The molecular formula is C14H22N3O5P. The average Bonchev–Trinajstić information content (AvgIpc) is 2.56. The van der Waals surface area contributed by atoms with Gasteiger partial charge in [-0.2, -0.15) is 0 Å². The molecule has 1 N–H and O–H groups in total. The van der Waals surface area contributed by atoms with Crippen LogP contribution in [0.2, 0.25) is 0 Å². The van der Waals surface area contributed by atoms with Gasteiger partial charge in [0, 0.05) is 4.91 Å². The van der Waals surface area contributed by atoms with Crippen molar-refractivity contribution in [2.24, 2.45) is 5.11 Å². The SMILES string of the molecule is CCOP(=O)(OCC)[C@@H](O)[C@H](CN=[N+]=[N-])OCc1ccccc1. The van der Waals surface area contributed by atoms with Gasteiger partial charge in [-0.1, -0.05) is 35.4 Å². The maximum absolute atomic E-state index is 12.6. The molecule has 0 amide bonds. The maximum atomic E-state index is 12.6. The molecule has 128 valence electrons. The van der Waals surface area contributed by atoms with Crippen molar-refractivity contribution in [2.45, 2.75) is 32.4 Å². The first kappa shape index (κ1) is 19.6. The number of hydrogen-bond donors (Lipinski definition) is 1. The first-order valence-electron chi connectivity index (χ1n) is 7.30. The second-order valence-electron chi connectivity index (χ2n) is 4.54. The third-order valence-corrected chi connectivity index (χ3v) is 5.12. The summed E-state index contributed by atoms with van der Waals surface area (Å²) < 4.78 is 28.4. The Labute approximate surface area is 135 Å². The van der Waals surface area contributed by atoms with Gasteiger partial charge < -0.3 is 18.9 Å². The maximum Gasteiger partial charge on any atom is 0.361 e. The van der Waals surface area contributed by atoms with Crippen molar-refractivity contribution in [3.05, 3.63) is 46.3 Å². The molecule has 0 heterocycles. The summed E-state index contributed by atoms with van der Waals surface area (Å²) >= 11 is 0. The fraction of sp³-hybridized carbons (Fsp3) is 0.571. The van der Waals surface area contributed by atoms with Crippen LogP contribution in [0.25, 0.3) is 10.4 Å². The van der Waals surface area contributed by atoms with Gasteiger partial charge in [0.2, 0.25) is 0 Å². The Morgan fingerprint density at radius 3 is 2.39 bits per heavy atom. The van der Waals surface area contributed by atoms with E-state index >= 15 is 0 Å². The number of aliphatic hydroxyl groups is 1. The third kappa shape index (κ3) is 6.31. The van der Waals surface area contributed by atoms with Crippen LogP contribution in [0.3, 0.4) is 0 Å². The lowest BCUT2D eigenvalue weighted by Gasteiger charge is -2.28. The molecule has 8 nitrogen and oxygen atoms in total. The monoisotopic (exact) mass is 343 g/mol. The normalized spacial score (nSPS) is 14.0. The molecule has 1 aromatic rings. The molecule has 0 bridgehead atoms. The highest BCUT2D eigenvalue weighted by atomic mass is 31.2. The quantitative estimate of drug-likeness (QED) is 0.286. The van der Waals surface area contributed by atoms with E-state index in [1.165, 1.54) is 0 Å². The van der Waals surface area contributed by atoms with Crippen LogP contribution in [0, 0.1) is 0 Å². The third-order valence-electron chi connectivity index (χ3n) is 2.91. The fourth-order valence-electron chi connectivity index (χ4n) is 1.88. The van der Waals surface area contributed by atoms with E-state index < -0.39 is 19.5 Å². The van der Waals surface area contributed by atoms with E-state index in [1.54, 1.807) is 13.8 Å². The van der Waals surface area contributed by atoms with Gasteiger partial charge in [0.1, 0.15) is 6.10 Å². The Morgan fingerprint density at radius 1 is 1.26 bits per heavy atom. The van der Waals surface area contributed by atoms with Gasteiger partial charge in [-0.25, -0.2) is 0 Å². The molecule has 0 aromatic heterocycles. The number of hydrogen-bond acceptors (Lipinski definition) is 6. The van der Waals surface area contributed by atoms with Crippen LogP contribution in [-0.2, 0) is 25.0 Å². The zero-order chi connectivity index (χ0) is 17.1. The standard InChI is InChI=1S/C14H22N3O5P/c1-3-21-23(19,22-4-2)14(18)13(10-16-17-15)20-11-12-8-6-5-7-9-12/h5-9,13-14,18H,3-4,10-11H2,1-2H3/t13-,14+/m0/s1.